The highest BCUT2D eigenvalue weighted by Crippen LogP contribution is 2.19. The topological polar surface area (TPSA) is 78.8 Å². The zero-order valence-electron chi connectivity index (χ0n) is 14.6. The van der Waals surface area contributed by atoms with Crippen LogP contribution in [0.1, 0.15) is 11.1 Å². The SMILES string of the molecule is CN1C(C(=O)NCCc2ccccc2)=CC(c2ccc(F)cc2)=NS1(=O)=O. The number of hydrogen-bond acceptors (Lipinski definition) is 3. The maximum absolute atomic E-state index is 13.1. The van der Waals surface area contributed by atoms with Crippen molar-refractivity contribution < 1.29 is 17.6 Å². The molecule has 0 unspecified atom stereocenters. The van der Waals surface area contributed by atoms with E-state index in [0.29, 0.717) is 18.5 Å². The minimum Gasteiger partial charge on any atom is -0.350 e. The Bertz CT molecular complexity index is 1000. The van der Waals surface area contributed by atoms with Crippen molar-refractivity contribution in [2.24, 2.45) is 4.40 Å². The van der Waals surface area contributed by atoms with Crippen molar-refractivity contribution in [2.45, 2.75) is 6.42 Å². The number of nitrogens with zero attached hydrogens (tertiary/aromatic N) is 2. The van der Waals surface area contributed by atoms with E-state index in [9.17, 15) is 17.6 Å². The predicted molar refractivity (Wildman–Crippen MR) is 101 cm³/mol. The number of halogens is 1. The summed E-state index contributed by atoms with van der Waals surface area (Å²) < 4.78 is 42.2. The summed E-state index contributed by atoms with van der Waals surface area (Å²) in [5, 5.41) is 2.72. The van der Waals surface area contributed by atoms with Gasteiger partial charge in [0.1, 0.15) is 11.5 Å². The minimum atomic E-state index is -4.04. The van der Waals surface area contributed by atoms with Gasteiger partial charge in [-0.25, -0.2) is 8.70 Å². The molecule has 0 aliphatic carbocycles. The second kappa shape index (κ2) is 7.71. The van der Waals surface area contributed by atoms with Crippen molar-refractivity contribution in [3.8, 4) is 0 Å². The highest BCUT2D eigenvalue weighted by atomic mass is 32.2. The predicted octanol–water partition coefficient (Wildman–Crippen LogP) is 2.05. The van der Waals surface area contributed by atoms with Crippen LogP contribution >= 0.6 is 0 Å². The number of amides is 1. The number of rotatable bonds is 5. The highest BCUT2D eigenvalue weighted by Gasteiger charge is 2.29. The second-order valence-corrected chi connectivity index (χ2v) is 7.58. The van der Waals surface area contributed by atoms with Crippen molar-refractivity contribution in [1.29, 1.82) is 0 Å². The summed E-state index contributed by atoms with van der Waals surface area (Å²) >= 11 is 0. The van der Waals surface area contributed by atoms with E-state index in [0.717, 1.165) is 9.87 Å². The van der Waals surface area contributed by atoms with Crippen molar-refractivity contribution in [3.05, 3.63) is 83.3 Å². The number of nitrogens with one attached hydrogen (secondary N) is 1. The quantitative estimate of drug-likeness (QED) is 0.853. The third-order valence-corrected chi connectivity index (χ3v) is 5.40. The number of carbonyl (C=O) groups excluding carboxylic acids is 1. The van der Waals surface area contributed by atoms with Crippen LogP contribution in [0.5, 0.6) is 0 Å². The van der Waals surface area contributed by atoms with Crippen LogP contribution in [0.25, 0.3) is 0 Å². The van der Waals surface area contributed by atoms with Gasteiger partial charge in [-0.1, -0.05) is 30.3 Å². The molecule has 0 spiro atoms. The molecule has 3 rings (SSSR count). The van der Waals surface area contributed by atoms with Crippen molar-refractivity contribution >= 4 is 21.8 Å². The van der Waals surface area contributed by atoms with Crippen LogP contribution in [0.15, 0.2) is 70.8 Å². The van der Waals surface area contributed by atoms with Gasteiger partial charge in [0.05, 0.1) is 5.71 Å². The van der Waals surface area contributed by atoms with Gasteiger partial charge < -0.3 is 5.32 Å². The molecule has 1 aliphatic heterocycles. The van der Waals surface area contributed by atoms with Gasteiger partial charge in [0.25, 0.3) is 5.91 Å². The third-order valence-electron chi connectivity index (χ3n) is 4.09. The van der Waals surface area contributed by atoms with Gasteiger partial charge in [-0.2, -0.15) is 8.42 Å². The van der Waals surface area contributed by atoms with E-state index < -0.39 is 21.9 Å². The van der Waals surface area contributed by atoms with E-state index >= 15 is 0 Å². The van der Waals surface area contributed by atoms with Gasteiger partial charge >= 0.3 is 10.2 Å². The summed E-state index contributed by atoms with van der Waals surface area (Å²) in [5.41, 5.74) is 1.51. The van der Waals surface area contributed by atoms with Crippen LogP contribution in [-0.2, 0) is 21.4 Å². The Balaban J connectivity index is 1.78. The van der Waals surface area contributed by atoms with Gasteiger partial charge in [-0.05, 0) is 42.3 Å². The first-order valence-corrected chi connectivity index (χ1v) is 9.65. The Kier molecular flexibility index (Phi) is 5.36. The van der Waals surface area contributed by atoms with Crippen molar-refractivity contribution in [2.75, 3.05) is 13.6 Å². The third kappa shape index (κ3) is 4.40. The van der Waals surface area contributed by atoms with Crippen LogP contribution in [0, 0.1) is 5.82 Å². The number of likely N-dealkylation sites (N-methyl/N-ethyl adjacent to an activating group) is 1. The summed E-state index contributed by atoms with van der Waals surface area (Å²) in [7, 11) is -2.78. The molecule has 0 aromatic heterocycles. The van der Waals surface area contributed by atoms with Crippen molar-refractivity contribution in [1.82, 2.24) is 9.62 Å². The van der Waals surface area contributed by atoms with Gasteiger partial charge in [-0.3, -0.25) is 4.79 Å². The van der Waals surface area contributed by atoms with Gasteiger partial charge in [-0.15, -0.1) is 4.40 Å². The molecule has 0 fully saturated rings. The van der Waals surface area contributed by atoms with E-state index in [1.54, 1.807) is 0 Å². The molecule has 1 heterocycles. The zero-order chi connectivity index (χ0) is 19.4. The minimum absolute atomic E-state index is 0.0441. The molecule has 0 saturated carbocycles. The van der Waals surface area contributed by atoms with Crippen LogP contribution < -0.4 is 5.32 Å². The molecular weight excluding hydrogens is 369 g/mol. The molecule has 27 heavy (non-hydrogen) atoms. The molecule has 1 N–H and O–H groups in total. The highest BCUT2D eigenvalue weighted by molar-refractivity contribution is 7.88. The van der Waals surface area contributed by atoms with E-state index in [4.69, 9.17) is 0 Å². The summed E-state index contributed by atoms with van der Waals surface area (Å²) in [4.78, 5) is 12.5. The fraction of sp³-hybridized carbons (Fsp3) is 0.158. The molecule has 0 bridgehead atoms. The van der Waals surface area contributed by atoms with Crippen LogP contribution in [-0.4, -0.2) is 37.9 Å². The molecule has 2 aromatic carbocycles. The standard InChI is InChI=1S/C19H18FN3O3S/c1-23-18(19(24)21-12-11-14-5-3-2-4-6-14)13-17(22-27(23,25)26)15-7-9-16(20)10-8-15/h2-10,13H,11-12H2,1H3,(H,21,24). The first-order valence-electron chi connectivity index (χ1n) is 8.25. The van der Waals surface area contributed by atoms with E-state index in [1.807, 2.05) is 30.3 Å². The maximum Gasteiger partial charge on any atom is 0.345 e. The average Bonchev–Trinajstić information content (AvgIpc) is 2.65. The largest absolute Gasteiger partial charge is 0.350 e. The Morgan fingerprint density at radius 2 is 1.78 bits per heavy atom. The molecule has 0 radical (unpaired) electrons. The lowest BCUT2D eigenvalue weighted by Crippen LogP contribution is -2.39. The lowest BCUT2D eigenvalue weighted by atomic mass is 10.1. The summed E-state index contributed by atoms with van der Waals surface area (Å²) in [5.74, 6) is -0.968. The van der Waals surface area contributed by atoms with Crippen LogP contribution in [0.3, 0.4) is 0 Å². The lowest BCUT2D eigenvalue weighted by Gasteiger charge is -2.23. The van der Waals surface area contributed by atoms with E-state index in [2.05, 4.69) is 9.71 Å². The lowest BCUT2D eigenvalue weighted by molar-refractivity contribution is -0.118. The monoisotopic (exact) mass is 387 g/mol. The molecule has 1 amide bonds. The summed E-state index contributed by atoms with van der Waals surface area (Å²) in [6, 6.07) is 14.9. The van der Waals surface area contributed by atoms with E-state index in [1.165, 1.54) is 37.4 Å². The Morgan fingerprint density at radius 3 is 2.44 bits per heavy atom. The number of hydrogen-bond donors (Lipinski definition) is 1. The van der Waals surface area contributed by atoms with Crippen molar-refractivity contribution in [3.63, 3.8) is 0 Å². The first kappa shape index (κ1) is 18.8. The molecule has 6 nitrogen and oxygen atoms in total. The van der Waals surface area contributed by atoms with E-state index in [-0.39, 0.29) is 11.4 Å². The molecule has 8 heteroatoms. The Labute approximate surface area is 157 Å². The number of benzene rings is 2. The normalized spacial score (nSPS) is 15.7. The van der Waals surface area contributed by atoms with Gasteiger partial charge in [0, 0.05) is 19.2 Å². The smallest absolute Gasteiger partial charge is 0.345 e. The number of carbonyl (C=O) groups is 1. The molecule has 2 aromatic rings. The fourth-order valence-corrected chi connectivity index (χ4v) is 3.49. The summed E-state index contributed by atoms with van der Waals surface area (Å²) in [6.45, 7) is 0.358. The molecule has 1 aliphatic rings. The molecule has 0 atom stereocenters. The molecular formula is C19H18FN3O3S. The van der Waals surface area contributed by atoms with Crippen LogP contribution in [0.2, 0.25) is 0 Å². The fourth-order valence-electron chi connectivity index (χ4n) is 2.58. The summed E-state index contributed by atoms with van der Waals surface area (Å²) in [6.07, 6.45) is 2.00. The average molecular weight is 387 g/mol. The second-order valence-electron chi connectivity index (χ2n) is 5.95. The molecule has 140 valence electrons. The van der Waals surface area contributed by atoms with Crippen LogP contribution in [0.4, 0.5) is 4.39 Å². The maximum atomic E-state index is 13.1. The van der Waals surface area contributed by atoms with Gasteiger partial charge in [0.15, 0.2) is 0 Å². The Morgan fingerprint density at radius 1 is 1.11 bits per heavy atom. The molecule has 0 saturated heterocycles. The van der Waals surface area contributed by atoms with Gasteiger partial charge in [0.2, 0.25) is 0 Å². The first-order chi connectivity index (χ1) is 12.9. The Hall–Kier alpha value is -3.00. The zero-order valence-corrected chi connectivity index (χ0v) is 15.4. The number of allylic oxidation sites excluding steroid dienone is 1.